The molecular weight excluding hydrogens is 406 g/mol. The fraction of sp³-hybridized carbons (Fsp3) is 0.120. The minimum absolute atomic E-state index is 0.255. The molecule has 7 heteroatoms. The van der Waals surface area contributed by atoms with Gasteiger partial charge in [-0.2, -0.15) is 0 Å². The van der Waals surface area contributed by atoms with Gasteiger partial charge in [0.1, 0.15) is 0 Å². The molecule has 0 aliphatic heterocycles. The highest BCUT2D eigenvalue weighted by atomic mass is 16.5. The van der Waals surface area contributed by atoms with E-state index in [9.17, 15) is 14.7 Å². The number of aromatic hydroxyl groups is 1. The first kappa shape index (κ1) is 21.0. The second-order valence-corrected chi connectivity index (χ2v) is 7.09. The van der Waals surface area contributed by atoms with E-state index in [1.807, 2.05) is 19.1 Å². The number of aliphatic imine (C=N–C) groups is 1. The molecule has 0 aliphatic rings. The molecule has 0 fully saturated rings. The predicted octanol–water partition coefficient (Wildman–Crippen LogP) is 4.33. The molecule has 2 aromatic carbocycles. The Bertz CT molecular complexity index is 1390. The van der Waals surface area contributed by atoms with Crippen molar-refractivity contribution < 1.29 is 14.6 Å². The molecule has 4 rings (SSSR count). The Morgan fingerprint density at radius 1 is 1.09 bits per heavy atom. The molecule has 4 aromatic rings. The van der Waals surface area contributed by atoms with Crippen LogP contribution in [-0.4, -0.2) is 33.4 Å². The van der Waals surface area contributed by atoms with E-state index in [2.05, 4.69) is 9.98 Å². The fourth-order valence-electron chi connectivity index (χ4n) is 3.43. The van der Waals surface area contributed by atoms with E-state index in [0.717, 1.165) is 5.56 Å². The van der Waals surface area contributed by atoms with Gasteiger partial charge in [0.25, 0.3) is 5.56 Å². The average Bonchev–Trinajstić information content (AvgIpc) is 2.81. The number of aromatic nitrogens is 2. The van der Waals surface area contributed by atoms with Crippen molar-refractivity contribution in [3.05, 3.63) is 93.9 Å². The molecule has 0 bridgehead atoms. The molecule has 0 radical (unpaired) electrons. The van der Waals surface area contributed by atoms with Crippen LogP contribution in [0.25, 0.3) is 16.5 Å². The summed E-state index contributed by atoms with van der Waals surface area (Å²) in [7, 11) is 0. The normalized spacial score (nSPS) is 11.2. The van der Waals surface area contributed by atoms with Gasteiger partial charge in [0.05, 0.1) is 23.4 Å². The number of rotatable bonds is 5. The van der Waals surface area contributed by atoms with Crippen LogP contribution >= 0.6 is 0 Å². The maximum atomic E-state index is 13.2. The van der Waals surface area contributed by atoms with E-state index in [1.165, 1.54) is 10.8 Å². The lowest BCUT2D eigenvalue weighted by Crippen LogP contribution is -2.20. The molecule has 0 unspecified atom stereocenters. The second-order valence-electron chi connectivity index (χ2n) is 7.09. The smallest absolute Gasteiger partial charge is 0.338 e. The molecule has 0 atom stereocenters. The predicted molar refractivity (Wildman–Crippen MR) is 123 cm³/mol. The first-order valence-electron chi connectivity index (χ1n) is 10.1. The number of hydrogen-bond donors (Lipinski definition) is 1. The van der Waals surface area contributed by atoms with Crippen LogP contribution in [0.2, 0.25) is 0 Å². The zero-order valence-corrected chi connectivity index (χ0v) is 17.6. The van der Waals surface area contributed by atoms with Gasteiger partial charge in [0.15, 0.2) is 5.82 Å². The van der Waals surface area contributed by atoms with E-state index in [1.54, 1.807) is 61.7 Å². The van der Waals surface area contributed by atoms with Gasteiger partial charge in [-0.25, -0.2) is 19.3 Å². The summed E-state index contributed by atoms with van der Waals surface area (Å²) in [5, 5.41) is 12.1. The van der Waals surface area contributed by atoms with Crippen LogP contribution in [0.5, 0.6) is 5.88 Å². The number of carbonyl (C=O) groups excluding carboxylic acids is 1. The number of nitrogens with zero attached hydrogens (tertiary/aromatic N) is 3. The highest BCUT2D eigenvalue weighted by Gasteiger charge is 2.17. The minimum atomic E-state index is -0.451. The standard InChI is InChI=1S/C25H21N3O4/c1-3-32-25(31)17-10-12-18(13-11-17)28-23(29)20-9-5-4-8-19(20)21(24(28)30)15-27-22-16(2)7-6-14-26-22/h4-15,30H,3H2,1-2H3/b27-15+. The van der Waals surface area contributed by atoms with Crippen molar-refractivity contribution in [2.75, 3.05) is 6.61 Å². The van der Waals surface area contributed by atoms with Crippen molar-refractivity contribution in [1.29, 1.82) is 0 Å². The molecule has 32 heavy (non-hydrogen) atoms. The topological polar surface area (TPSA) is 93.8 Å². The lowest BCUT2D eigenvalue weighted by atomic mass is 10.1. The summed E-state index contributed by atoms with van der Waals surface area (Å²) in [6.45, 7) is 3.89. The molecule has 1 N–H and O–H groups in total. The number of hydrogen-bond acceptors (Lipinski definition) is 6. The van der Waals surface area contributed by atoms with Crippen LogP contribution < -0.4 is 5.56 Å². The van der Waals surface area contributed by atoms with Crippen LogP contribution in [0.1, 0.15) is 28.4 Å². The Balaban J connectivity index is 1.88. The maximum absolute atomic E-state index is 13.2. The first-order valence-corrected chi connectivity index (χ1v) is 10.1. The van der Waals surface area contributed by atoms with Crippen molar-refractivity contribution in [1.82, 2.24) is 9.55 Å². The molecule has 2 aromatic heterocycles. The molecule has 2 heterocycles. The molecule has 0 saturated carbocycles. The van der Waals surface area contributed by atoms with Gasteiger partial charge in [-0.15, -0.1) is 0 Å². The summed E-state index contributed by atoms with van der Waals surface area (Å²) >= 11 is 0. The van der Waals surface area contributed by atoms with Crippen molar-refractivity contribution in [3.8, 4) is 11.6 Å². The van der Waals surface area contributed by atoms with E-state index in [4.69, 9.17) is 4.74 Å². The van der Waals surface area contributed by atoms with Gasteiger partial charge in [-0.05, 0) is 55.8 Å². The fourth-order valence-corrected chi connectivity index (χ4v) is 3.43. The molecule has 0 aliphatic carbocycles. The van der Waals surface area contributed by atoms with Crippen LogP contribution in [0.3, 0.4) is 0 Å². The number of ether oxygens (including phenoxy) is 1. The number of pyridine rings is 2. The summed E-state index contributed by atoms with van der Waals surface area (Å²) in [5.74, 6) is -0.185. The van der Waals surface area contributed by atoms with Gasteiger partial charge in [-0.1, -0.05) is 24.3 Å². The number of benzene rings is 2. The Morgan fingerprint density at radius 3 is 2.50 bits per heavy atom. The van der Waals surface area contributed by atoms with Crippen LogP contribution in [0, 0.1) is 6.92 Å². The third kappa shape index (κ3) is 3.88. The van der Waals surface area contributed by atoms with Crippen molar-refractivity contribution in [2.45, 2.75) is 13.8 Å². The quantitative estimate of drug-likeness (QED) is 0.378. The largest absolute Gasteiger partial charge is 0.494 e. The number of aryl methyl sites for hydroxylation is 1. The molecule has 0 amide bonds. The summed E-state index contributed by atoms with van der Waals surface area (Å²) in [5.41, 5.74) is 1.66. The summed E-state index contributed by atoms with van der Waals surface area (Å²) in [4.78, 5) is 33.8. The van der Waals surface area contributed by atoms with E-state index >= 15 is 0 Å². The third-order valence-electron chi connectivity index (χ3n) is 5.04. The zero-order chi connectivity index (χ0) is 22.7. The van der Waals surface area contributed by atoms with Gasteiger partial charge in [-0.3, -0.25) is 4.79 Å². The average molecular weight is 427 g/mol. The number of fused-ring (bicyclic) bond motifs is 1. The van der Waals surface area contributed by atoms with Crippen LogP contribution in [0.4, 0.5) is 5.82 Å². The first-order chi connectivity index (χ1) is 15.5. The van der Waals surface area contributed by atoms with E-state index in [0.29, 0.717) is 33.4 Å². The summed E-state index contributed by atoms with van der Waals surface area (Å²) in [6.07, 6.45) is 3.15. The lowest BCUT2D eigenvalue weighted by molar-refractivity contribution is 0.0526. The Kier molecular flexibility index (Phi) is 5.81. The third-order valence-corrected chi connectivity index (χ3v) is 5.04. The molecule has 7 nitrogen and oxygen atoms in total. The monoisotopic (exact) mass is 427 g/mol. The lowest BCUT2D eigenvalue weighted by Gasteiger charge is -2.14. The van der Waals surface area contributed by atoms with Crippen LogP contribution in [-0.2, 0) is 4.74 Å². The highest BCUT2D eigenvalue weighted by molar-refractivity contribution is 6.02. The molecule has 0 saturated heterocycles. The second kappa shape index (κ2) is 8.85. The highest BCUT2D eigenvalue weighted by Crippen LogP contribution is 2.27. The van der Waals surface area contributed by atoms with Gasteiger partial charge >= 0.3 is 5.97 Å². The SMILES string of the molecule is CCOC(=O)c1ccc(-n2c(O)c(/C=N/c3ncccc3C)c3ccccc3c2=O)cc1. The number of esters is 1. The van der Waals surface area contributed by atoms with Crippen molar-refractivity contribution in [3.63, 3.8) is 0 Å². The van der Waals surface area contributed by atoms with E-state index < -0.39 is 5.97 Å². The Morgan fingerprint density at radius 2 is 1.81 bits per heavy atom. The van der Waals surface area contributed by atoms with Gasteiger partial charge in [0, 0.05) is 23.2 Å². The number of carbonyl (C=O) groups is 1. The molecule has 0 spiro atoms. The Hall–Kier alpha value is -4.26. The minimum Gasteiger partial charge on any atom is -0.494 e. The molecular formula is C25H21N3O4. The van der Waals surface area contributed by atoms with E-state index in [-0.39, 0.29) is 18.0 Å². The Labute approximate surface area is 184 Å². The van der Waals surface area contributed by atoms with Gasteiger partial charge in [0.2, 0.25) is 5.88 Å². The van der Waals surface area contributed by atoms with Crippen molar-refractivity contribution >= 4 is 28.8 Å². The van der Waals surface area contributed by atoms with Gasteiger partial charge < -0.3 is 9.84 Å². The zero-order valence-electron chi connectivity index (χ0n) is 17.6. The molecule has 160 valence electrons. The van der Waals surface area contributed by atoms with Crippen molar-refractivity contribution in [2.24, 2.45) is 4.99 Å². The van der Waals surface area contributed by atoms with Crippen LogP contribution in [0.15, 0.2) is 76.6 Å². The summed E-state index contributed by atoms with van der Waals surface area (Å²) in [6, 6.07) is 17.0. The summed E-state index contributed by atoms with van der Waals surface area (Å²) < 4.78 is 6.20. The maximum Gasteiger partial charge on any atom is 0.338 e.